The minimum atomic E-state index is -0.631. The van der Waals surface area contributed by atoms with Gasteiger partial charge in [0.25, 0.3) is 0 Å². The van der Waals surface area contributed by atoms with Gasteiger partial charge < -0.3 is 9.47 Å². The highest BCUT2D eigenvalue weighted by molar-refractivity contribution is 5.94. The molecule has 2 amide bonds. The number of carbonyl (C=O) groups excluding carboxylic acids is 2. The molecule has 16 heavy (non-hydrogen) atoms. The maximum atomic E-state index is 11.8. The molecular weight excluding hydrogens is 210 g/mol. The van der Waals surface area contributed by atoms with Crippen molar-refractivity contribution in [1.29, 1.82) is 0 Å². The van der Waals surface area contributed by atoms with Crippen LogP contribution >= 0.6 is 0 Å². The highest BCUT2D eigenvalue weighted by Gasteiger charge is 2.43. The number of imide groups is 1. The Morgan fingerprint density at radius 2 is 2.00 bits per heavy atom. The first kappa shape index (κ1) is 13.0. The molecule has 1 aliphatic rings. The summed E-state index contributed by atoms with van der Waals surface area (Å²) in [6, 6.07) is 0. The maximum absolute atomic E-state index is 11.8. The third-order valence-corrected chi connectivity index (χ3v) is 2.34. The number of rotatable bonds is 1. The van der Waals surface area contributed by atoms with E-state index in [2.05, 4.69) is 0 Å². The zero-order valence-corrected chi connectivity index (χ0v) is 10.4. The summed E-state index contributed by atoms with van der Waals surface area (Å²) in [7, 11) is 1.48. The molecule has 5 heteroatoms. The molecule has 1 heterocycles. The molecule has 1 fully saturated rings. The third kappa shape index (κ3) is 2.72. The van der Waals surface area contributed by atoms with Crippen molar-refractivity contribution in [2.45, 2.75) is 45.9 Å². The van der Waals surface area contributed by atoms with Gasteiger partial charge in [-0.3, -0.25) is 4.79 Å². The summed E-state index contributed by atoms with van der Waals surface area (Å²) in [5, 5.41) is 0. The number of carbonyl (C=O) groups is 2. The van der Waals surface area contributed by atoms with E-state index in [1.54, 1.807) is 20.8 Å². The molecule has 2 atom stereocenters. The van der Waals surface area contributed by atoms with Crippen LogP contribution in [0.1, 0.15) is 34.1 Å². The van der Waals surface area contributed by atoms with E-state index in [9.17, 15) is 9.59 Å². The highest BCUT2D eigenvalue weighted by atomic mass is 16.6. The van der Waals surface area contributed by atoms with Crippen LogP contribution in [-0.4, -0.2) is 35.8 Å². The topological polar surface area (TPSA) is 55.8 Å². The van der Waals surface area contributed by atoms with Crippen LogP contribution in [0.2, 0.25) is 0 Å². The van der Waals surface area contributed by atoms with Crippen molar-refractivity contribution >= 4 is 12.0 Å². The molecule has 0 saturated carbocycles. The van der Waals surface area contributed by atoms with Crippen molar-refractivity contribution in [1.82, 2.24) is 4.90 Å². The smallest absolute Gasteiger partial charge is 0.419 e. The molecule has 0 aliphatic carbocycles. The average molecular weight is 229 g/mol. The SMILES string of the molecule is COC1C(C)CC(=O)N1C(=O)OC(C)(C)C. The third-order valence-electron chi connectivity index (χ3n) is 2.34. The number of ether oxygens (including phenoxy) is 2. The van der Waals surface area contributed by atoms with Crippen molar-refractivity contribution in [2.75, 3.05) is 7.11 Å². The van der Waals surface area contributed by atoms with Gasteiger partial charge in [-0.15, -0.1) is 0 Å². The van der Waals surface area contributed by atoms with Crippen LogP contribution in [0.3, 0.4) is 0 Å². The van der Waals surface area contributed by atoms with Gasteiger partial charge in [0.15, 0.2) is 0 Å². The molecule has 1 saturated heterocycles. The molecule has 2 unspecified atom stereocenters. The Hall–Kier alpha value is -1.10. The second-order valence-electron chi connectivity index (χ2n) is 5.05. The van der Waals surface area contributed by atoms with Gasteiger partial charge in [-0.05, 0) is 20.8 Å². The van der Waals surface area contributed by atoms with Gasteiger partial charge in [0.2, 0.25) is 5.91 Å². The minimum absolute atomic E-state index is 0.00465. The van der Waals surface area contributed by atoms with Crippen LogP contribution in [0.25, 0.3) is 0 Å². The monoisotopic (exact) mass is 229 g/mol. The summed E-state index contributed by atoms with van der Waals surface area (Å²) < 4.78 is 10.3. The molecule has 0 spiro atoms. The Bertz CT molecular complexity index is 295. The van der Waals surface area contributed by atoms with E-state index in [1.165, 1.54) is 7.11 Å². The summed E-state index contributed by atoms with van der Waals surface area (Å²) in [4.78, 5) is 24.5. The predicted octanol–water partition coefficient (Wildman–Crippen LogP) is 1.76. The Morgan fingerprint density at radius 3 is 2.44 bits per heavy atom. The van der Waals surface area contributed by atoms with Crippen LogP contribution in [0, 0.1) is 5.92 Å². The van der Waals surface area contributed by atoms with E-state index in [-0.39, 0.29) is 11.8 Å². The van der Waals surface area contributed by atoms with Gasteiger partial charge in [-0.25, -0.2) is 9.69 Å². The quantitative estimate of drug-likeness (QED) is 0.687. The summed E-state index contributed by atoms with van der Waals surface area (Å²) in [5.74, 6) is -0.237. The number of hydrogen-bond acceptors (Lipinski definition) is 4. The Morgan fingerprint density at radius 1 is 1.44 bits per heavy atom. The predicted molar refractivity (Wildman–Crippen MR) is 57.7 cm³/mol. The van der Waals surface area contributed by atoms with E-state index >= 15 is 0 Å². The van der Waals surface area contributed by atoms with Gasteiger partial charge in [0, 0.05) is 19.4 Å². The number of hydrogen-bond donors (Lipinski definition) is 0. The van der Waals surface area contributed by atoms with Gasteiger partial charge in [-0.1, -0.05) is 6.92 Å². The number of likely N-dealkylation sites (tertiary alicyclic amines) is 1. The van der Waals surface area contributed by atoms with Gasteiger partial charge in [-0.2, -0.15) is 0 Å². The molecule has 0 radical (unpaired) electrons. The fraction of sp³-hybridized carbons (Fsp3) is 0.818. The molecule has 1 aliphatic heterocycles. The van der Waals surface area contributed by atoms with Crippen molar-refractivity contribution in [3.05, 3.63) is 0 Å². The first-order valence-corrected chi connectivity index (χ1v) is 5.34. The van der Waals surface area contributed by atoms with Crippen LogP contribution in [0.4, 0.5) is 4.79 Å². The lowest BCUT2D eigenvalue weighted by atomic mass is 10.1. The highest BCUT2D eigenvalue weighted by Crippen LogP contribution is 2.27. The lowest BCUT2D eigenvalue weighted by molar-refractivity contribution is -0.133. The van der Waals surface area contributed by atoms with Crippen LogP contribution in [-0.2, 0) is 14.3 Å². The second-order valence-corrected chi connectivity index (χ2v) is 5.05. The lowest BCUT2D eigenvalue weighted by Crippen LogP contribution is -2.44. The molecule has 0 aromatic carbocycles. The molecule has 1 rings (SSSR count). The molecular formula is C11H19NO4. The number of amides is 2. The summed E-state index contributed by atoms with van der Waals surface area (Å²) in [6.45, 7) is 7.15. The second kappa shape index (κ2) is 4.41. The van der Waals surface area contributed by atoms with Crippen molar-refractivity contribution < 1.29 is 19.1 Å². The average Bonchev–Trinajstić information content (AvgIpc) is 2.37. The van der Waals surface area contributed by atoms with Crippen molar-refractivity contribution in [3.8, 4) is 0 Å². The van der Waals surface area contributed by atoms with Gasteiger partial charge >= 0.3 is 6.09 Å². The van der Waals surface area contributed by atoms with E-state index in [0.717, 1.165) is 4.90 Å². The van der Waals surface area contributed by atoms with E-state index in [4.69, 9.17) is 9.47 Å². The number of nitrogens with zero attached hydrogens (tertiary/aromatic N) is 1. The van der Waals surface area contributed by atoms with Crippen LogP contribution in [0.15, 0.2) is 0 Å². The fourth-order valence-electron chi connectivity index (χ4n) is 1.73. The molecule has 0 aromatic heterocycles. The van der Waals surface area contributed by atoms with Crippen LogP contribution in [0.5, 0.6) is 0 Å². The van der Waals surface area contributed by atoms with Gasteiger partial charge in [0.1, 0.15) is 11.8 Å². The van der Waals surface area contributed by atoms with Crippen molar-refractivity contribution in [3.63, 3.8) is 0 Å². The van der Waals surface area contributed by atoms with Crippen LogP contribution < -0.4 is 0 Å². The normalized spacial score (nSPS) is 26.1. The molecule has 0 N–H and O–H groups in total. The number of methoxy groups -OCH3 is 1. The fourth-order valence-corrected chi connectivity index (χ4v) is 1.73. The molecule has 0 bridgehead atoms. The Labute approximate surface area is 95.7 Å². The summed E-state index contributed by atoms with van der Waals surface area (Å²) in [6.07, 6.45) is -0.825. The minimum Gasteiger partial charge on any atom is -0.443 e. The molecule has 92 valence electrons. The standard InChI is InChI=1S/C11H19NO4/c1-7-6-8(13)12(9(7)15-5)10(14)16-11(2,3)4/h7,9H,6H2,1-5H3. The first-order chi connectivity index (χ1) is 7.26. The zero-order valence-electron chi connectivity index (χ0n) is 10.4. The Kier molecular flexibility index (Phi) is 3.57. The van der Waals surface area contributed by atoms with Crippen molar-refractivity contribution in [2.24, 2.45) is 5.92 Å². The lowest BCUT2D eigenvalue weighted by Gasteiger charge is -2.27. The van der Waals surface area contributed by atoms with E-state index in [0.29, 0.717) is 6.42 Å². The Balaban J connectivity index is 2.78. The molecule has 5 nitrogen and oxygen atoms in total. The largest absolute Gasteiger partial charge is 0.443 e. The zero-order chi connectivity index (χ0) is 12.5. The summed E-state index contributed by atoms with van der Waals surface area (Å²) in [5.41, 5.74) is -0.610. The maximum Gasteiger partial charge on any atom is 0.419 e. The van der Waals surface area contributed by atoms with E-state index in [1.807, 2.05) is 6.92 Å². The molecule has 0 aromatic rings. The van der Waals surface area contributed by atoms with Gasteiger partial charge in [0.05, 0.1) is 0 Å². The first-order valence-electron chi connectivity index (χ1n) is 5.34. The summed E-state index contributed by atoms with van der Waals surface area (Å²) >= 11 is 0. The van der Waals surface area contributed by atoms with E-state index < -0.39 is 17.9 Å².